The Balaban J connectivity index is 2.14. The summed E-state index contributed by atoms with van der Waals surface area (Å²) in [5.41, 5.74) is 0. The van der Waals surface area contributed by atoms with E-state index in [1.807, 2.05) is 6.92 Å². The molecule has 0 aromatic rings. The molecule has 2 aliphatic rings. The second-order valence-electron chi connectivity index (χ2n) is 5.95. The summed E-state index contributed by atoms with van der Waals surface area (Å²) >= 11 is 0. The lowest BCUT2D eigenvalue weighted by Crippen LogP contribution is -2.43. The lowest BCUT2D eigenvalue weighted by atomic mass is 10.1. The molecule has 0 saturated heterocycles. The molecule has 2 saturated carbocycles. The Morgan fingerprint density at radius 3 is 2.50 bits per heavy atom. The van der Waals surface area contributed by atoms with Gasteiger partial charge in [0.1, 0.15) is 0 Å². The Morgan fingerprint density at radius 2 is 1.95 bits per heavy atom. The number of rotatable bonds is 7. The Morgan fingerprint density at radius 1 is 1.25 bits per heavy atom. The van der Waals surface area contributed by atoms with E-state index in [2.05, 4.69) is 0 Å². The Kier molecular flexibility index (Phi) is 5.07. The fourth-order valence-electron chi connectivity index (χ4n) is 3.06. The van der Waals surface area contributed by atoms with Crippen molar-refractivity contribution in [3.63, 3.8) is 0 Å². The van der Waals surface area contributed by atoms with Crippen LogP contribution in [-0.2, 0) is 19.6 Å². The maximum Gasteiger partial charge on any atom is 0.310 e. The molecule has 2 rings (SSSR count). The molecule has 2 unspecified atom stereocenters. The molecule has 2 aliphatic carbocycles. The van der Waals surface area contributed by atoms with Crippen molar-refractivity contribution < 1.29 is 17.9 Å². The van der Waals surface area contributed by atoms with Crippen LogP contribution < -0.4 is 0 Å². The zero-order valence-electron chi connectivity index (χ0n) is 12.4. The predicted octanol–water partition coefficient (Wildman–Crippen LogP) is 1.78. The fourth-order valence-corrected chi connectivity index (χ4v) is 5.42. The minimum absolute atomic E-state index is 0.376. The van der Waals surface area contributed by atoms with Crippen LogP contribution in [0, 0.1) is 11.8 Å². The third-order valence-electron chi connectivity index (χ3n) is 4.33. The summed E-state index contributed by atoms with van der Waals surface area (Å²) in [5, 5.41) is -0.583. The zero-order valence-corrected chi connectivity index (χ0v) is 13.2. The van der Waals surface area contributed by atoms with Gasteiger partial charge in [-0.1, -0.05) is 13.3 Å². The van der Waals surface area contributed by atoms with Crippen LogP contribution in [0.5, 0.6) is 0 Å². The zero-order chi connectivity index (χ0) is 14.8. The van der Waals surface area contributed by atoms with Gasteiger partial charge in [-0.25, -0.2) is 12.7 Å². The predicted molar refractivity (Wildman–Crippen MR) is 76.7 cm³/mol. The van der Waals surface area contributed by atoms with Crippen molar-refractivity contribution in [2.24, 2.45) is 11.8 Å². The van der Waals surface area contributed by atoms with Gasteiger partial charge in [0.25, 0.3) is 0 Å². The highest BCUT2D eigenvalue weighted by Gasteiger charge is 2.45. The maximum absolute atomic E-state index is 12.8. The third kappa shape index (κ3) is 3.34. The molecule has 0 bridgehead atoms. The molecule has 0 spiro atoms. The first kappa shape index (κ1) is 15.8. The molecule has 0 aliphatic heterocycles. The van der Waals surface area contributed by atoms with Gasteiger partial charge >= 0.3 is 5.97 Å². The van der Waals surface area contributed by atoms with Gasteiger partial charge in [-0.05, 0) is 38.0 Å². The average molecular weight is 303 g/mol. The van der Waals surface area contributed by atoms with E-state index in [1.54, 1.807) is 4.31 Å². The van der Waals surface area contributed by atoms with Crippen LogP contribution in [0.25, 0.3) is 0 Å². The van der Waals surface area contributed by atoms with E-state index in [-0.39, 0.29) is 5.97 Å². The van der Waals surface area contributed by atoms with Crippen LogP contribution in [0.15, 0.2) is 0 Å². The maximum atomic E-state index is 12.8. The molecular formula is C14H25NO4S. The average Bonchev–Trinajstić information content (AvgIpc) is 3.09. The lowest BCUT2D eigenvalue weighted by Gasteiger charge is -2.27. The number of hydrogen-bond acceptors (Lipinski definition) is 4. The van der Waals surface area contributed by atoms with Gasteiger partial charge in [0.05, 0.1) is 18.3 Å². The van der Waals surface area contributed by atoms with Crippen molar-refractivity contribution in [1.29, 1.82) is 0 Å². The molecule has 2 atom stereocenters. The second-order valence-corrected chi connectivity index (χ2v) is 8.10. The summed E-state index contributed by atoms with van der Waals surface area (Å²) < 4.78 is 32.1. The number of nitrogens with zero attached hydrogens (tertiary/aromatic N) is 1. The minimum atomic E-state index is -3.39. The van der Waals surface area contributed by atoms with Crippen LogP contribution in [0.4, 0.5) is 0 Å². The monoisotopic (exact) mass is 303 g/mol. The summed E-state index contributed by atoms with van der Waals surface area (Å²) in [7, 11) is -2.06. The van der Waals surface area contributed by atoms with E-state index in [0.717, 1.165) is 25.7 Å². The molecule has 116 valence electrons. The van der Waals surface area contributed by atoms with Crippen molar-refractivity contribution in [3.05, 3.63) is 0 Å². The third-order valence-corrected chi connectivity index (χ3v) is 6.71. The molecule has 20 heavy (non-hydrogen) atoms. The summed E-state index contributed by atoms with van der Waals surface area (Å²) in [6.07, 6.45) is 5.04. The SMILES string of the molecule is CCCN(CC1CC1)S(=O)(=O)C1CCCC1C(=O)OC. The van der Waals surface area contributed by atoms with Crippen molar-refractivity contribution in [3.8, 4) is 0 Å². The van der Waals surface area contributed by atoms with Crippen molar-refractivity contribution in [2.45, 2.75) is 50.7 Å². The normalized spacial score (nSPS) is 26.9. The van der Waals surface area contributed by atoms with Crippen LogP contribution in [0.1, 0.15) is 45.4 Å². The van der Waals surface area contributed by atoms with Crippen LogP contribution in [0.2, 0.25) is 0 Å². The van der Waals surface area contributed by atoms with Gasteiger partial charge in [0.15, 0.2) is 0 Å². The Hall–Kier alpha value is -0.620. The van der Waals surface area contributed by atoms with Crippen molar-refractivity contribution in [1.82, 2.24) is 4.31 Å². The van der Waals surface area contributed by atoms with E-state index in [1.165, 1.54) is 7.11 Å². The highest BCUT2D eigenvalue weighted by atomic mass is 32.2. The molecule has 5 nitrogen and oxygen atoms in total. The van der Waals surface area contributed by atoms with Crippen molar-refractivity contribution >= 4 is 16.0 Å². The summed E-state index contributed by atoms with van der Waals surface area (Å²) in [6, 6.07) is 0. The van der Waals surface area contributed by atoms with Gasteiger partial charge in [-0.2, -0.15) is 0 Å². The van der Waals surface area contributed by atoms with Crippen LogP contribution in [-0.4, -0.2) is 44.1 Å². The molecule has 2 fully saturated rings. The van der Waals surface area contributed by atoms with Crippen LogP contribution >= 0.6 is 0 Å². The van der Waals surface area contributed by atoms with Gasteiger partial charge in [0.2, 0.25) is 10.0 Å². The summed E-state index contributed by atoms with van der Waals surface area (Å²) in [4.78, 5) is 11.8. The highest BCUT2D eigenvalue weighted by Crippen LogP contribution is 2.36. The first-order valence-electron chi connectivity index (χ1n) is 7.57. The first-order valence-corrected chi connectivity index (χ1v) is 9.07. The van der Waals surface area contributed by atoms with Gasteiger partial charge in [0, 0.05) is 13.1 Å². The number of sulfonamides is 1. The first-order chi connectivity index (χ1) is 9.50. The van der Waals surface area contributed by atoms with Gasteiger partial charge in [-0.3, -0.25) is 4.79 Å². The van der Waals surface area contributed by atoms with E-state index in [4.69, 9.17) is 4.74 Å². The number of ether oxygens (including phenoxy) is 1. The number of carbonyl (C=O) groups is 1. The van der Waals surface area contributed by atoms with E-state index in [9.17, 15) is 13.2 Å². The molecule has 0 amide bonds. The fraction of sp³-hybridized carbons (Fsp3) is 0.929. The Labute approximate surface area is 121 Å². The lowest BCUT2D eigenvalue weighted by molar-refractivity contribution is -0.145. The standard InChI is InChI=1S/C14H25NO4S/c1-3-9-15(10-11-7-8-11)20(17,18)13-6-4-5-12(13)14(16)19-2/h11-13H,3-10H2,1-2H3. The minimum Gasteiger partial charge on any atom is -0.469 e. The summed E-state index contributed by atoms with van der Waals surface area (Å²) in [6.45, 7) is 3.17. The number of hydrogen-bond donors (Lipinski definition) is 0. The van der Waals surface area contributed by atoms with E-state index >= 15 is 0 Å². The molecule has 6 heteroatoms. The summed E-state index contributed by atoms with van der Waals surface area (Å²) in [5.74, 6) is -0.336. The second kappa shape index (κ2) is 6.43. The molecule has 0 heterocycles. The molecule has 0 aromatic heterocycles. The van der Waals surface area contributed by atoms with E-state index in [0.29, 0.717) is 31.8 Å². The highest BCUT2D eigenvalue weighted by molar-refractivity contribution is 7.89. The molecule has 0 radical (unpaired) electrons. The number of methoxy groups -OCH3 is 1. The smallest absolute Gasteiger partial charge is 0.310 e. The quantitative estimate of drug-likeness (QED) is 0.673. The van der Waals surface area contributed by atoms with Gasteiger partial charge in [-0.15, -0.1) is 0 Å². The molecular weight excluding hydrogens is 278 g/mol. The number of esters is 1. The van der Waals surface area contributed by atoms with Crippen LogP contribution in [0.3, 0.4) is 0 Å². The number of carbonyl (C=O) groups excluding carboxylic acids is 1. The largest absolute Gasteiger partial charge is 0.469 e. The topological polar surface area (TPSA) is 63.7 Å². The van der Waals surface area contributed by atoms with Crippen molar-refractivity contribution in [2.75, 3.05) is 20.2 Å². The Bertz CT molecular complexity index is 444. The molecule has 0 N–H and O–H groups in total. The van der Waals surface area contributed by atoms with Gasteiger partial charge < -0.3 is 4.74 Å². The van der Waals surface area contributed by atoms with E-state index < -0.39 is 21.2 Å². The molecule has 0 aromatic carbocycles.